The molecule has 4 aliphatic rings. The van der Waals surface area contributed by atoms with E-state index in [0.717, 1.165) is 37.7 Å². The molecule has 1 saturated carbocycles. The fourth-order valence-corrected chi connectivity index (χ4v) is 8.90. The Labute approximate surface area is 279 Å². The van der Waals surface area contributed by atoms with Crippen molar-refractivity contribution in [3.05, 3.63) is 61.2 Å². The highest BCUT2D eigenvalue weighted by Crippen LogP contribution is 2.60. The van der Waals surface area contributed by atoms with Crippen molar-refractivity contribution in [2.75, 3.05) is 19.8 Å². The van der Waals surface area contributed by atoms with Gasteiger partial charge in [-0.1, -0.05) is 77.7 Å². The van der Waals surface area contributed by atoms with Crippen LogP contribution < -0.4 is 5.32 Å². The van der Waals surface area contributed by atoms with Gasteiger partial charge in [-0.2, -0.15) is 0 Å². The Morgan fingerprint density at radius 2 is 1.91 bits per heavy atom. The lowest BCUT2D eigenvalue weighted by atomic mass is 9.70. The Morgan fingerprint density at radius 1 is 1.20 bits per heavy atom. The number of nitrogens with one attached hydrogen (secondary N) is 1. The van der Waals surface area contributed by atoms with Gasteiger partial charge in [0.1, 0.15) is 18.2 Å². The third kappa shape index (κ3) is 6.42. The predicted molar refractivity (Wildman–Crippen MR) is 176 cm³/mol. The fourth-order valence-electron chi connectivity index (χ4n) is 7.96. The number of benzene rings is 1. The molecule has 3 amide bonds. The van der Waals surface area contributed by atoms with Crippen molar-refractivity contribution in [3.63, 3.8) is 0 Å². The first-order valence-corrected chi connectivity index (χ1v) is 17.4. The van der Waals surface area contributed by atoms with E-state index in [0.29, 0.717) is 19.4 Å². The molecule has 2 N–H and O–H groups in total. The molecule has 2 bridgehead atoms. The molecule has 5 rings (SSSR count). The minimum absolute atomic E-state index is 0.0226. The normalized spacial score (nSPS) is 29.9. The Balaban J connectivity index is 1.46. The number of halogens is 1. The molecule has 3 saturated heterocycles. The zero-order valence-corrected chi connectivity index (χ0v) is 28.1. The quantitative estimate of drug-likeness (QED) is 0.172. The lowest BCUT2D eigenvalue weighted by Crippen LogP contribution is -2.60. The van der Waals surface area contributed by atoms with Crippen LogP contribution in [0.1, 0.15) is 69.9 Å². The molecule has 0 radical (unpaired) electrons. The van der Waals surface area contributed by atoms with Crippen molar-refractivity contribution in [3.8, 4) is 0 Å². The van der Waals surface area contributed by atoms with Crippen molar-refractivity contribution in [1.82, 2.24) is 15.1 Å². The van der Waals surface area contributed by atoms with Gasteiger partial charge >= 0.3 is 5.97 Å². The molecular formula is C35H46BrN3O7. The third-order valence-electron chi connectivity index (χ3n) is 10.1. The second kappa shape index (κ2) is 14.8. The number of amides is 3. The number of likely N-dealkylation sites (tertiary alicyclic amines) is 1. The SMILES string of the molecule is C=CCCC(=O)OC[C@H](NC(=O)[C@@H]1[C@H]2O[C@@]3(CC2Br)[C@H](C(=O)N(CC=C)C2CCCCC2)N([C@H](C)CO)C(=O)[C@@H]13)c1ccccc1. The number of rotatable bonds is 14. The summed E-state index contributed by atoms with van der Waals surface area (Å²) in [5, 5.41) is 13.3. The van der Waals surface area contributed by atoms with E-state index < -0.39 is 53.5 Å². The molecule has 1 spiro atoms. The number of aliphatic hydroxyl groups is 1. The zero-order valence-electron chi connectivity index (χ0n) is 26.5. The molecule has 250 valence electrons. The maximum atomic E-state index is 14.7. The molecule has 3 heterocycles. The number of allylic oxidation sites excluding steroid dienone is 1. The predicted octanol–water partition coefficient (Wildman–Crippen LogP) is 3.83. The van der Waals surface area contributed by atoms with Crippen LogP contribution in [-0.2, 0) is 28.7 Å². The van der Waals surface area contributed by atoms with Crippen LogP contribution in [0, 0.1) is 11.8 Å². The fraction of sp³-hybridized carbons (Fsp3) is 0.600. The van der Waals surface area contributed by atoms with Gasteiger partial charge in [-0.15, -0.1) is 13.2 Å². The average molecular weight is 701 g/mol. The van der Waals surface area contributed by atoms with Crippen LogP contribution >= 0.6 is 15.9 Å². The Kier molecular flexibility index (Phi) is 11.1. The maximum Gasteiger partial charge on any atom is 0.306 e. The Morgan fingerprint density at radius 3 is 2.57 bits per heavy atom. The van der Waals surface area contributed by atoms with Gasteiger partial charge in [0.2, 0.25) is 17.7 Å². The standard InChI is InChI=1S/C35H46BrN3O7/c1-4-6-17-27(41)45-21-26(23-13-9-7-10-14-23)37-32(42)28-29-33(43)39(22(3)20-40)31(35(29)19-25(36)30(28)46-35)34(44)38(18-5-2)24-15-11-8-12-16-24/h4-5,7,9-10,13-14,22,24-26,28-31,40H,1-2,6,8,11-12,15-21H2,3H3,(H,37,42)/t22-,25?,26+,28+,29-,30+,31+,35-/m1/s1. The number of hydrogen-bond acceptors (Lipinski definition) is 7. The average Bonchev–Trinajstić information content (AvgIpc) is 3.67. The second-order valence-corrected chi connectivity index (χ2v) is 14.2. The van der Waals surface area contributed by atoms with E-state index >= 15 is 0 Å². The van der Waals surface area contributed by atoms with Crippen LogP contribution in [-0.4, -0.2) is 93.0 Å². The molecule has 8 atom stereocenters. The summed E-state index contributed by atoms with van der Waals surface area (Å²) < 4.78 is 12.2. The minimum atomic E-state index is -1.24. The summed E-state index contributed by atoms with van der Waals surface area (Å²) in [5.41, 5.74) is -0.498. The van der Waals surface area contributed by atoms with E-state index in [-0.39, 0.29) is 42.3 Å². The number of aliphatic hydroxyl groups excluding tert-OH is 1. The summed E-state index contributed by atoms with van der Waals surface area (Å²) in [5.74, 6) is -3.22. The van der Waals surface area contributed by atoms with Crippen LogP contribution in [0.2, 0.25) is 0 Å². The largest absolute Gasteiger partial charge is 0.463 e. The first-order chi connectivity index (χ1) is 22.2. The molecule has 11 heteroatoms. The van der Waals surface area contributed by atoms with E-state index in [4.69, 9.17) is 9.47 Å². The van der Waals surface area contributed by atoms with Crippen LogP contribution in [0.3, 0.4) is 0 Å². The number of carbonyl (C=O) groups is 4. The second-order valence-electron chi connectivity index (χ2n) is 13.0. The number of esters is 1. The van der Waals surface area contributed by atoms with Gasteiger partial charge in [0.25, 0.3) is 0 Å². The molecule has 46 heavy (non-hydrogen) atoms. The van der Waals surface area contributed by atoms with Gasteiger partial charge in [-0.25, -0.2) is 0 Å². The van der Waals surface area contributed by atoms with Crippen LogP contribution in [0.5, 0.6) is 0 Å². The topological polar surface area (TPSA) is 125 Å². The molecule has 4 fully saturated rings. The number of alkyl halides is 1. The van der Waals surface area contributed by atoms with Crippen molar-refractivity contribution in [1.29, 1.82) is 0 Å². The Hall–Kier alpha value is -3.02. The van der Waals surface area contributed by atoms with E-state index in [1.807, 2.05) is 35.2 Å². The first-order valence-electron chi connectivity index (χ1n) is 16.5. The van der Waals surface area contributed by atoms with Gasteiger partial charge in [-0.3, -0.25) is 19.2 Å². The summed E-state index contributed by atoms with van der Waals surface area (Å²) in [6.07, 6.45) is 8.66. The van der Waals surface area contributed by atoms with E-state index in [9.17, 15) is 24.3 Å². The smallest absolute Gasteiger partial charge is 0.306 e. The summed E-state index contributed by atoms with van der Waals surface area (Å²) in [6, 6.07) is 6.92. The summed E-state index contributed by atoms with van der Waals surface area (Å²) in [6.45, 7) is 9.17. The molecular weight excluding hydrogens is 654 g/mol. The van der Waals surface area contributed by atoms with E-state index in [1.54, 1.807) is 19.1 Å². The van der Waals surface area contributed by atoms with Crippen LogP contribution in [0.25, 0.3) is 0 Å². The van der Waals surface area contributed by atoms with Crippen molar-refractivity contribution in [2.45, 2.75) is 99.0 Å². The van der Waals surface area contributed by atoms with E-state index in [2.05, 4.69) is 34.4 Å². The first kappa shape index (κ1) is 34.3. The lowest BCUT2D eigenvalue weighted by molar-refractivity contribution is -0.152. The Bertz CT molecular complexity index is 1300. The van der Waals surface area contributed by atoms with Gasteiger partial charge < -0.3 is 29.7 Å². The van der Waals surface area contributed by atoms with Crippen molar-refractivity contribution < 1.29 is 33.8 Å². The summed E-state index contributed by atoms with van der Waals surface area (Å²) >= 11 is 3.73. The minimum Gasteiger partial charge on any atom is -0.463 e. The summed E-state index contributed by atoms with van der Waals surface area (Å²) in [4.78, 5) is 58.7. The van der Waals surface area contributed by atoms with Gasteiger partial charge in [0.15, 0.2) is 0 Å². The van der Waals surface area contributed by atoms with Gasteiger partial charge in [0, 0.05) is 23.8 Å². The van der Waals surface area contributed by atoms with Crippen LogP contribution in [0.4, 0.5) is 0 Å². The van der Waals surface area contributed by atoms with Gasteiger partial charge in [-0.05, 0) is 38.2 Å². The summed E-state index contributed by atoms with van der Waals surface area (Å²) in [7, 11) is 0. The monoisotopic (exact) mass is 699 g/mol. The van der Waals surface area contributed by atoms with Crippen molar-refractivity contribution in [2.24, 2.45) is 11.8 Å². The molecule has 1 aromatic rings. The maximum absolute atomic E-state index is 14.7. The molecule has 1 aromatic carbocycles. The number of carbonyl (C=O) groups excluding carboxylic acids is 4. The van der Waals surface area contributed by atoms with Crippen LogP contribution in [0.15, 0.2) is 55.6 Å². The molecule has 1 aliphatic carbocycles. The van der Waals surface area contributed by atoms with Gasteiger partial charge in [0.05, 0.1) is 36.6 Å². The third-order valence-corrected chi connectivity index (χ3v) is 11.0. The zero-order chi connectivity index (χ0) is 33.0. The highest BCUT2D eigenvalue weighted by molar-refractivity contribution is 9.09. The van der Waals surface area contributed by atoms with Crippen molar-refractivity contribution >= 4 is 39.6 Å². The lowest BCUT2D eigenvalue weighted by Gasteiger charge is -2.42. The van der Waals surface area contributed by atoms with E-state index in [1.165, 1.54) is 4.90 Å². The highest BCUT2D eigenvalue weighted by atomic mass is 79.9. The number of hydrogen-bond donors (Lipinski definition) is 2. The number of ether oxygens (including phenoxy) is 2. The molecule has 1 unspecified atom stereocenters. The molecule has 0 aromatic heterocycles. The highest BCUT2D eigenvalue weighted by Gasteiger charge is 2.77. The number of nitrogens with zero attached hydrogens (tertiary/aromatic N) is 2. The number of fused-ring (bicyclic) bond motifs is 1. The molecule has 3 aliphatic heterocycles. The molecule has 10 nitrogen and oxygen atoms in total.